The smallest absolute Gasteiger partial charge is 0.253 e. The molecule has 2 aromatic carbocycles. The lowest BCUT2D eigenvalue weighted by molar-refractivity contribution is -0.114. The number of rotatable bonds is 5. The highest BCUT2D eigenvalue weighted by Gasteiger charge is 2.19. The van der Waals surface area contributed by atoms with Crippen molar-refractivity contribution in [1.29, 1.82) is 0 Å². The zero-order valence-corrected chi connectivity index (χ0v) is 15.3. The first kappa shape index (κ1) is 18.0. The van der Waals surface area contributed by atoms with Crippen molar-refractivity contribution in [2.24, 2.45) is 0 Å². The van der Waals surface area contributed by atoms with Gasteiger partial charge < -0.3 is 15.5 Å². The van der Waals surface area contributed by atoms with Crippen LogP contribution in [0, 0.1) is 13.8 Å². The number of anilines is 2. The molecule has 5 heteroatoms. The van der Waals surface area contributed by atoms with E-state index in [1.807, 2.05) is 30.9 Å². The average molecular weight is 351 g/mol. The number of aryl methyl sites for hydroxylation is 2. The van der Waals surface area contributed by atoms with Crippen LogP contribution in [-0.4, -0.2) is 36.3 Å². The van der Waals surface area contributed by atoms with Crippen LogP contribution in [0.15, 0.2) is 42.5 Å². The molecule has 0 aliphatic carbocycles. The van der Waals surface area contributed by atoms with Crippen molar-refractivity contribution in [1.82, 2.24) is 4.90 Å². The molecule has 2 N–H and O–H groups in total. The summed E-state index contributed by atoms with van der Waals surface area (Å²) in [7, 11) is 0. The molecule has 5 nitrogen and oxygen atoms in total. The zero-order chi connectivity index (χ0) is 18.5. The van der Waals surface area contributed by atoms with Crippen LogP contribution in [0.3, 0.4) is 0 Å². The Hall–Kier alpha value is -2.82. The second-order valence-electron chi connectivity index (χ2n) is 6.85. The highest BCUT2D eigenvalue weighted by Crippen LogP contribution is 2.16. The van der Waals surface area contributed by atoms with E-state index in [-0.39, 0.29) is 18.4 Å². The van der Waals surface area contributed by atoms with Crippen molar-refractivity contribution in [3.63, 3.8) is 0 Å². The van der Waals surface area contributed by atoms with Gasteiger partial charge in [-0.2, -0.15) is 0 Å². The van der Waals surface area contributed by atoms with Crippen LogP contribution in [0.25, 0.3) is 0 Å². The Bertz CT molecular complexity index is 773. The Kier molecular flexibility index (Phi) is 5.56. The van der Waals surface area contributed by atoms with Crippen LogP contribution in [0.4, 0.5) is 11.4 Å². The normalized spacial score (nSPS) is 13.5. The lowest BCUT2D eigenvalue weighted by Gasteiger charge is -2.15. The van der Waals surface area contributed by atoms with Gasteiger partial charge in [0.2, 0.25) is 5.91 Å². The van der Waals surface area contributed by atoms with E-state index < -0.39 is 0 Å². The predicted octanol–water partition coefficient (Wildman–Crippen LogP) is 3.59. The summed E-state index contributed by atoms with van der Waals surface area (Å²) in [5, 5.41) is 5.99. The predicted molar refractivity (Wildman–Crippen MR) is 105 cm³/mol. The van der Waals surface area contributed by atoms with E-state index in [0.29, 0.717) is 11.3 Å². The largest absolute Gasteiger partial charge is 0.376 e. The number of hydrogen-bond acceptors (Lipinski definition) is 3. The third-order valence-electron chi connectivity index (χ3n) is 4.48. The van der Waals surface area contributed by atoms with Gasteiger partial charge in [0, 0.05) is 30.0 Å². The van der Waals surface area contributed by atoms with Gasteiger partial charge in [0.1, 0.15) is 0 Å². The van der Waals surface area contributed by atoms with Gasteiger partial charge in [0.25, 0.3) is 5.91 Å². The third kappa shape index (κ3) is 4.63. The van der Waals surface area contributed by atoms with Crippen molar-refractivity contribution in [2.75, 3.05) is 30.3 Å². The van der Waals surface area contributed by atoms with E-state index in [0.717, 1.165) is 42.7 Å². The summed E-state index contributed by atoms with van der Waals surface area (Å²) in [5.74, 6) is -0.0559. The second-order valence-corrected chi connectivity index (χ2v) is 6.85. The molecule has 0 aromatic heterocycles. The number of amides is 2. The minimum absolute atomic E-state index is 0.0665. The van der Waals surface area contributed by atoms with Gasteiger partial charge in [-0.05, 0) is 74.2 Å². The maximum absolute atomic E-state index is 12.3. The van der Waals surface area contributed by atoms with Crippen molar-refractivity contribution >= 4 is 23.2 Å². The fourth-order valence-electron chi connectivity index (χ4n) is 3.26. The molecule has 2 aromatic rings. The minimum atomic E-state index is -0.122. The molecule has 1 aliphatic heterocycles. The molecule has 1 saturated heterocycles. The second kappa shape index (κ2) is 8.04. The van der Waals surface area contributed by atoms with Crippen LogP contribution in [-0.2, 0) is 4.79 Å². The van der Waals surface area contributed by atoms with Crippen molar-refractivity contribution in [3.8, 4) is 0 Å². The average Bonchev–Trinajstić information content (AvgIpc) is 3.14. The first-order valence-electron chi connectivity index (χ1n) is 9.02. The van der Waals surface area contributed by atoms with E-state index in [1.165, 1.54) is 0 Å². The summed E-state index contributed by atoms with van der Waals surface area (Å²) in [6.07, 6.45) is 2.15. The maximum atomic E-state index is 12.3. The molecule has 26 heavy (non-hydrogen) atoms. The number of carbonyl (C=O) groups is 2. The minimum Gasteiger partial charge on any atom is -0.376 e. The molecule has 0 unspecified atom stereocenters. The van der Waals surface area contributed by atoms with Gasteiger partial charge in [-0.25, -0.2) is 0 Å². The highest BCUT2D eigenvalue weighted by atomic mass is 16.2. The number of nitrogens with zero attached hydrogens (tertiary/aromatic N) is 1. The zero-order valence-electron chi connectivity index (χ0n) is 15.3. The molecular weight excluding hydrogens is 326 g/mol. The Labute approximate surface area is 154 Å². The van der Waals surface area contributed by atoms with Gasteiger partial charge >= 0.3 is 0 Å². The van der Waals surface area contributed by atoms with E-state index in [9.17, 15) is 9.59 Å². The Morgan fingerprint density at radius 1 is 0.923 bits per heavy atom. The summed E-state index contributed by atoms with van der Waals surface area (Å²) < 4.78 is 0. The Balaban J connectivity index is 1.53. The molecule has 1 aliphatic rings. The summed E-state index contributed by atoms with van der Waals surface area (Å²) in [6, 6.07) is 13.2. The number of likely N-dealkylation sites (tertiary alicyclic amines) is 1. The summed E-state index contributed by atoms with van der Waals surface area (Å²) >= 11 is 0. The third-order valence-corrected chi connectivity index (χ3v) is 4.48. The number of hydrogen-bond donors (Lipinski definition) is 2. The molecular formula is C21H25N3O2. The van der Waals surface area contributed by atoms with Gasteiger partial charge in [0.05, 0.1) is 6.54 Å². The molecule has 0 saturated carbocycles. The van der Waals surface area contributed by atoms with Crippen molar-refractivity contribution < 1.29 is 9.59 Å². The topological polar surface area (TPSA) is 61.4 Å². The monoisotopic (exact) mass is 351 g/mol. The van der Waals surface area contributed by atoms with Gasteiger partial charge in [-0.3, -0.25) is 9.59 Å². The van der Waals surface area contributed by atoms with Gasteiger partial charge in [-0.1, -0.05) is 6.07 Å². The van der Waals surface area contributed by atoms with E-state index in [4.69, 9.17) is 0 Å². The number of benzene rings is 2. The standard InChI is InChI=1S/C21H25N3O2/c1-15-11-16(2)13-19(12-15)22-14-20(25)23-18-7-5-17(6-8-18)21(26)24-9-3-4-10-24/h5-8,11-13,22H,3-4,9-10,14H2,1-2H3,(H,23,25). The molecule has 136 valence electrons. The van der Waals surface area contributed by atoms with Gasteiger partial charge in [0.15, 0.2) is 0 Å². The van der Waals surface area contributed by atoms with Crippen LogP contribution in [0.5, 0.6) is 0 Å². The summed E-state index contributed by atoms with van der Waals surface area (Å²) in [6.45, 7) is 5.92. The quantitative estimate of drug-likeness (QED) is 0.865. The van der Waals surface area contributed by atoms with E-state index >= 15 is 0 Å². The Morgan fingerprint density at radius 3 is 2.15 bits per heavy atom. The summed E-state index contributed by atoms with van der Waals surface area (Å²) in [4.78, 5) is 26.3. The lowest BCUT2D eigenvalue weighted by Crippen LogP contribution is -2.27. The summed E-state index contributed by atoms with van der Waals surface area (Å²) in [5.41, 5.74) is 4.61. The van der Waals surface area contributed by atoms with E-state index in [2.05, 4.69) is 16.7 Å². The molecule has 0 bridgehead atoms. The maximum Gasteiger partial charge on any atom is 0.253 e. The number of carbonyl (C=O) groups excluding carboxylic acids is 2. The first-order valence-corrected chi connectivity index (χ1v) is 9.02. The molecule has 1 fully saturated rings. The van der Waals surface area contributed by atoms with Crippen molar-refractivity contribution in [3.05, 3.63) is 59.2 Å². The molecule has 0 radical (unpaired) electrons. The van der Waals surface area contributed by atoms with E-state index in [1.54, 1.807) is 24.3 Å². The molecule has 0 spiro atoms. The molecule has 3 rings (SSSR count). The molecule has 2 amide bonds. The number of nitrogens with one attached hydrogen (secondary N) is 2. The fraction of sp³-hybridized carbons (Fsp3) is 0.333. The lowest BCUT2D eigenvalue weighted by atomic mass is 10.1. The van der Waals surface area contributed by atoms with Gasteiger partial charge in [-0.15, -0.1) is 0 Å². The molecule has 1 heterocycles. The Morgan fingerprint density at radius 2 is 1.54 bits per heavy atom. The SMILES string of the molecule is Cc1cc(C)cc(NCC(=O)Nc2ccc(C(=O)N3CCCC3)cc2)c1. The highest BCUT2D eigenvalue weighted by molar-refractivity contribution is 5.96. The first-order chi connectivity index (χ1) is 12.5. The van der Waals surface area contributed by atoms with Crippen LogP contribution >= 0.6 is 0 Å². The van der Waals surface area contributed by atoms with Crippen LogP contribution in [0.1, 0.15) is 34.3 Å². The van der Waals surface area contributed by atoms with Crippen LogP contribution < -0.4 is 10.6 Å². The van der Waals surface area contributed by atoms with Crippen LogP contribution in [0.2, 0.25) is 0 Å². The fourth-order valence-corrected chi connectivity index (χ4v) is 3.26. The molecule has 0 atom stereocenters. The van der Waals surface area contributed by atoms with Crippen molar-refractivity contribution in [2.45, 2.75) is 26.7 Å².